The van der Waals surface area contributed by atoms with Gasteiger partial charge in [0, 0.05) is 11.5 Å². The van der Waals surface area contributed by atoms with Gasteiger partial charge in [0.15, 0.2) is 0 Å². The lowest BCUT2D eigenvalue weighted by atomic mass is 10.2. The first-order valence-corrected chi connectivity index (χ1v) is 7.31. The average Bonchev–Trinajstić information content (AvgIpc) is 2.42. The summed E-state index contributed by atoms with van der Waals surface area (Å²) >= 11 is 3.45. The number of halogens is 1. The van der Waals surface area contributed by atoms with Gasteiger partial charge in [0.1, 0.15) is 5.75 Å². The molecule has 0 atom stereocenters. The Bertz CT molecular complexity index is 634. The molecule has 1 heterocycles. The molecule has 2 aromatic rings. The lowest BCUT2D eigenvalue weighted by Gasteiger charge is -2.11. The average molecular weight is 353 g/mol. The molecule has 0 bridgehead atoms. The minimum Gasteiger partial charge on any atom is -0.461 e. The second kappa shape index (κ2) is 6.71. The molecule has 6 nitrogen and oxygen atoms in total. The van der Waals surface area contributed by atoms with Gasteiger partial charge in [0.25, 0.3) is 0 Å². The maximum absolute atomic E-state index is 5.68. The predicted octanol–water partition coefficient (Wildman–Crippen LogP) is 3.56. The van der Waals surface area contributed by atoms with E-state index < -0.39 is 0 Å². The fourth-order valence-electron chi connectivity index (χ4n) is 1.55. The smallest absolute Gasteiger partial charge is 0.330 e. The second-order valence-electron chi connectivity index (χ2n) is 4.65. The Morgan fingerprint density at radius 2 is 1.86 bits per heavy atom. The van der Waals surface area contributed by atoms with Crippen LogP contribution in [0.25, 0.3) is 0 Å². The first-order valence-electron chi connectivity index (χ1n) is 6.52. The van der Waals surface area contributed by atoms with Crippen LogP contribution >= 0.6 is 15.9 Å². The molecule has 0 aliphatic rings. The number of aryl methyl sites for hydroxylation is 1. The van der Waals surface area contributed by atoms with Crippen LogP contribution in [0.1, 0.15) is 19.4 Å². The number of aromatic nitrogens is 3. The third kappa shape index (κ3) is 4.29. The van der Waals surface area contributed by atoms with Crippen molar-refractivity contribution in [1.82, 2.24) is 15.0 Å². The fourth-order valence-corrected chi connectivity index (χ4v) is 1.79. The Morgan fingerprint density at radius 1 is 1.14 bits per heavy atom. The number of hydrogen-bond donors (Lipinski definition) is 1. The van der Waals surface area contributed by atoms with Crippen molar-refractivity contribution >= 4 is 21.9 Å². The number of nitrogens with zero attached hydrogens (tertiary/aromatic N) is 3. The Hall–Kier alpha value is -1.89. The quantitative estimate of drug-likeness (QED) is 0.886. The van der Waals surface area contributed by atoms with Gasteiger partial charge < -0.3 is 14.8 Å². The van der Waals surface area contributed by atoms with Crippen LogP contribution in [0.5, 0.6) is 17.8 Å². The van der Waals surface area contributed by atoms with Crippen LogP contribution in [-0.4, -0.2) is 28.1 Å². The van der Waals surface area contributed by atoms with Crippen molar-refractivity contribution in [3.8, 4) is 17.8 Å². The van der Waals surface area contributed by atoms with Crippen LogP contribution in [0.2, 0.25) is 0 Å². The van der Waals surface area contributed by atoms with E-state index in [-0.39, 0.29) is 18.1 Å². The van der Waals surface area contributed by atoms with E-state index in [1.165, 1.54) is 0 Å². The molecule has 0 saturated heterocycles. The second-order valence-corrected chi connectivity index (χ2v) is 5.51. The molecule has 0 saturated carbocycles. The van der Waals surface area contributed by atoms with Gasteiger partial charge in [-0.25, -0.2) is 0 Å². The molecule has 112 valence electrons. The van der Waals surface area contributed by atoms with Crippen molar-refractivity contribution in [1.29, 1.82) is 0 Å². The first-order chi connectivity index (χ1) is 9.97. The molecule has 0 fully saturated rings. The summed E-state index contributed by atoms with van der Waals surface area (Å²) < 4.78 is 12.2. The maximum Gasteiger partial charge on any atom is 0.330 e. The Labute approximate surface area is 132 Å². The van der Waals surface area contributed by atoms with E-state index in [0.717, 1.165) is 10.0 Å². The fraction of sp³-hybridized carbons (Fsp3) is 0.357. The molecule has 1 aromatic heterocycles. The minimum absolute atomic E-state index is 0.0279. The lowest BCUT2D eigenvalue weighted by Crippen LogP contribution is -2.11. The molecule has 1 aromatic carbocycles. The number of rotatable bonds is 5. The van der Waals surface area contributed by atoms with E-state index in [1.54, 1.807) is 7.05 Å². The van der Waals surface area contributed by atoms with Crippen LogP contribution in [0.3, 0.4) is 0 Å². The van der Waals surface area contributed by atoms with Crippen molar-refractivity contribution in [3.05, 3.63) is 28.2 Å². The topological polar surface area (TPSA) is 69.2 Å². The maximum atomic E-state index is 5.68. The van der Waals surface area contributed by atoms with Crippen LogP contribution in [0, 0.1) is 6.92 Å². The zero-order valence-electron chi connectivity index (χ0n) is 12.3. The number of hydrogen-bond acceptors (Lipinski definition) is 6. The number of ether oxygens (including phenoxy) is 2. The van der Waals surface area contributed by atoms with Crippen molar-refractivity contribution in [2.45, 2.75) is 26.9 Å². The lowest BCUT2D eigenvalue weighted by molar-refractivity contribution is 0.218. The van der Waals surface area contributed by atoms with Crippen LogP contribution in [0.4, 0.5) is 5.95 Å². The molecule has 2 rings (SSSR count). The van der Waals surface area contributed by atoms with Gasteiger partial charge in [-0.05, 0) is 44.5 Å². The van der Waals surface area contributed by atoms with Gasteiger partial charge in [-0.3, -0.25) is 0 Å². The number of nitrogens with one attached hydrogen (secondary N) is 1. The van der Waals surface area contributed by atoms with E-state index in [9.17, 15) is 0 Å². The van der Waals surface area contributed by atoms with Crippen molar-refractivity contribution in [3.63, 3.8) is 0 Å². The van der Waals surface area contributed by atoms with Gasteiger partial charge in [-0.2, -0.15) is 9.97 Å². The highest BCUT2D eigenvalue weighted by molar-refractivity contribution is 9.10. The molecule has 0 unspecified atom stereocenters. The highest BCUT2D eigenvalue weighted by Gasteiger charge is 2.10. The highest BCUT2D eigenvalue weighted by Crippen LogP contribution is 2.25. The van der Waals surface area contributed by atoms with Crippen molar-refractivity contribution in [2.24, 2.45) is 0 Å². The molecule has 1 N–H and O–H groups in total. The normalized spacial score (nSPS) is 10.6. The van der Waals surface area contributed by atoms with Crippen molar-refractivity contribution in [2.75, 3.05) is 12.4 Å². The van der Waals surface area contributed by atoms with Crippen LogP contribution < -0.4 is 14.8 Å². The summed E-state index contributed by atoms with van der Waals surface area (Å²) in [6.07, 6.45) is -0.0279. The summed E-state index contributed by atoms with van der Waals surface area (Å²) in [5.41, 5.74) is 1.06. The summed E-state index contributed by atoms with van der Waals surface area (Å²) in [7, 11) is 1.72. The number of anilines is 1. The van der Waals surface area contributed by atoms with Gasteiger partial charge in [-0.15, -0.1) is 4.98 Å². The SMILES string of the molecule is CNc1nc(Oc2ccc(Br)c(C)c2)nc(OC(C)C)n1. The van der Waals surface area contributed by atoms with E-state index >= 15 is 0 Å². The van der Waals surface area contributed by atoms with Crippen LogP contribution in [0.15, 0.2) is 22.7 Å². The summed E-state index contributed by atoms with van der Waals surface area (Å²) in [4.78, 5) is 12.4. The molecule has 0 spiro atoms. The minimum atomic E-state index is -0.0279. The zero-order valence-corrected chi connectivity index (χ0v) is 13.9. The van der Waals surface area contributed by atoms with Crippen LogP contribution in [-0.2, 0) is 0 Å². The summed E-state index contributed by atoms with van der Waals surface area (Å²) in [5.74, 6) is 1.05. The predicted molar refractivity (Wildman–Crippen MR) is 84.1 cm³/mol. The van der Waals surface area contributed by atoms with E-state index in [1.807, 2.05) is 39.0 Å². The van der Waals surface area contributed by atoms with Gasteiger partial charge >= 0.3 is 12.0 Å². The van der Waals surface area contributed by atoms with Gasteiger partial charge in [-0.1, -0.05) is 15.9 Å². The third-order valence-corrected chi connectivity index (χ3v) is 3.39. The molecule has 7 heteroatoms. The van der Waals surface area contributed by atoms with Gasteiger partial charge in [0.2, 0.25) is 5.95 Å². The molecule has 0 amide bonds. The Kier molecular flexibility index (Phi) is 4.95. The molecule has 21 heavy (non-hydrogen) atoms. The largest absolute Gasteiger partial charge is 0.461 e. The van der Waals surface area contributed by atoms with Gasteiger partial charge in [0.05, 0.1) is 6.10 Å². The van der Waals surface area contributed by atoms with E-state index in [0.29, 0.717) is 11.7 Å². The van der Waals surface area contributed by atoms with E-state index in [2.05, 4.69) is 36.2 Å². The standard InChI is InChI=1S/C14H17BrN4O2/c1-8(2)20-13-17-12(16-4)18-14(19-13)21-10-5-6-11(15)9(3)7-10/h5-8H,1-4H3,(H,16,17,18,19). The number of benzene rings is 1. The molecule has 0 radical (unpaired) electrons. The Morgan fingerprint density at radius 3 is 2.48 bits per heavy atom. The monoisotopic (exact) mass is 352 g/mol. The molecule has 0 aliphatic heterocycles. The third-order valence-electron chi connectivity index (χ3n) is 2.50. The van der Waals surface area contributed by atoms with Crippen molar-refractivity contribution < 1.29 is 9.47 Å². The summed E-state index contributed by atoms with van der Waals surface area (Å²) in [6.45, 7) is 5.79. The zero-order chi connectivity index (χ0) is 15.4. The highest BCUT2D eigenvalue weighted by atomic mass is 79.9. The van der Waals surface area contributed by atoms with E-state index in [4.69, 9.17) is 9.47 Å². The molecular weight excluding hydrogens is 336 g/mol. The first kappa shape index (κ1) is 15.5. The summed E-state index contributed by atoms with van der Waals surface area (Å²) in [5, 5.41) is 2.86. The molecule has 0 aliphatic carbocycles. The summed E-state index contributed by atoms with van der Waals surface area (Å²) in [6, 6.07) is 6.06. The molecular formula is C14H17BrN4O2. The Balaban J connectivity index is 2.27.